The molecule has 0 aliphatic carbocycles. The summed E-state index contributed by atoms with van der Waals surface area (Å²) in [7, 11) is 1.97. The molecule has 2 heterocycles. The molecular formula is C21H22F3N4O2+. The minimum atomic E-state index is -4.35. The van der Waals surface area contributed by atoms with E-state index in [4.69, 9.17) is 5.11 Å². The van der Waals surface area contributed by atoms with Gasteiger partial charge in [0.2, 0.25) is 0 Å². The van der Waals surface area contributed by atoms with Crippen LogP contribution in [0.15, 0.2) is 55.1 Å². The molecular weight excluding hydrogens is 397 g/mol. The summed E-state index contributed by atoms with van der Waals surface area (Å²) in [6, 6.07) is 8.14. The van der Waals surface area contributed by atoms with Crippen LogP contribution in [0.5, 0.6) is 0 Å². The third kappa shape index (κ3) is 4.68. The minimum absolute atomic E-state index is 0.132. The number of aromatic nitrogens is 3. The van der Waals surface area contributed by atoms with E-state index in [2.05, 4.69) is 9.97 Å². The number of likely N-dealkylation sites (N-methyl/N-ethyl adjacent to an activating group) is 1. The number of pyridine rings is 1. The van der Waals surface area contributed by atoms with Gasteiger partial charge >= 0.3 is 12.1 Å². The first-order valence-electron chi connectivity index (χ1n) is 9.36. The Morgan fingerprint density at radius 2 is 1.83 bits per heavy atom. The summed E-state index contributed by atoms with van der Waals surface area (Å²) >= 11 is 0. The van der Waals surface area contributed by atoms with Crippen LogP contribution in [0.25, 0.3) is 11.4 Å². The van der Waals surface area contributed by atoms with Crippen LogP contribution < -0.4 is 4.48 Å². The molecule has 0 spiro atoms. The van der Waals surface area contributed by atoms with E-state index in [1.165, 1.54) is 30.5 Å². The van der Waals surface area contributed by atoms with Gasteiger partial charge in [-0.3, -0.25) is 9.47 Å². The number of carbonyl (C=O) groups is 1. The molecule has 3 rings (SSSR count). The van der Waals surface area contributed by atoms with Crippen LogP contribution in [0.1, 0.15) is 22.8 Å². The van der Waals surface area contributed by atoms with Gasteiger partial charge in [0.05, 0.1) is 43.3 Å². The van der Waals surface area contributed by atoms with Crippen molar-refractivity contribution >= 4 is 11.7 Å². The van der Waals surface area contributed by atoms with E-state index < -0.39 is 17.7 Å². The van der Waals surface area contributed by atoms with Crippen molar-refractivity contribution in [2.75, 3.05) is 20.1 Å². The molecule has 2 aromatic heterocycles. The number of aromatic carboxylic acids is 1. The van der Waals surface area contributed by atoms with Crippen molar-refractivity contribution in [2.45, 2.75) is 19.6 Å². The summed E-state index contributed by atoms with van der Waals surface area (Å²) in [6.07, 6.45) is 0.485. The van der Waals surface area contributed by atoms with E-state index in [-0.39, 0.29) is 5.56 Å². The van der Waals surface area contributed by atoms with E-state index in [1.807, 2.05) is 18.5 Å². The van der Waals surface area contributed by atoms with Gasteiger partial charge < -0.3 is 9.67 Å². The second-order valence-corrected chi connectivity index (χ2v) is 7.21. The SMILES string of the molecule is CC[N+](C)(CCn1cnc(-c2cc(C(=O)O)ccn2)c1)c1ccc(C(F)(F)F)cc1. The number of halogens is 3. The summed E-state index contributed by atoms with van der Waals surface area (Å²) in [5.74, 6) is -1.04. The Balaban J connectivity index is 1.74. The molecule has 1 aromatic carbocycles. The fraction of sp³-hybridized carbons (Fsp3) is 0.286. The highest BCUT2D eigenvalue weighted by molar-refractivity contribution is 5.88. The van der Waals surface area contributed by atoms with Crippen molar-refractivity contribution < 1.29 is 23.1 Å². The molecule has 0 aliphatic rings. The Morgan fingerprint density at radius 3 is 2.43 bits per heavy atom. The zero-order valence-corrected chi connectivity index (χ0v) is 16.6. The summed E-state index contributed by atoms with van der Waals surface area (Å²) < 4.78 is 40.8. The van der Waals surface area contributed by atoms with Crippen LogP contribution in [0.3, 0.4) is 0 Å². The predicted molar refractivity (Wildman–Crippen MR) is 107 cm³/mol. The van der Waals surface area contributed by atoms with Gasteiger partial charge in [-0.25, -0.2) is 9.78 Å². The third-order valence-electron chi connectivity index (χ3n) is 5.27. The summed E-state index contributed by atoms with van der Waals surface area (Å²) in [6.45, 7) is 3.91. The fourth-order valence-corrected chi connectivity index (χ4v) is 3.13. The van der Waals surface area contributed by atoms with E-state index >= 15 is 0 Å². The van der Waals surface area contributed by atoms with E-state index in [9.17, 15) is 18.0 Å². The van der Waals surface area contributed by atoms with Crippen LogP contribution >= 0.6 is 0 Å². The Morgan fingerprint density at radius 1 is 1.13 bits per heavy atom. The number of carboxylic acid groups (broad SMARTS) is 1. The molecule has 158 valence electrons. The van der Waals surface area contributed by atoms with Crippen molar-refractivity contribution in [3.63, 3.8) is 0 Å². The van der Waals surface area contributed by atoms with Crippen LogP contribution in [0, 0.1) is 0 Å². The Bertz CT molecular complexity index is 1030. The Labute approximate surface area is 171 Å². The molecule has 1 unspecified atom stereocenters. The summed E-state index contributed by atoms with van der Waals surface area (Å²) in [5.41, 5.74) is 1.28. The monoisotopic (exact) mass is 419 g/mol. The Hall–Kier alpha value is -3.20. The standard InChI is InChI=1S/C21H21F3N4O2/c1-3-28(2,17-6-4-16(5-7-17)21(22,23)24)11-10-27-13-19(26-14-27)18-12-15(20(29)30)8-9-25-18/h4-9,12-14H,3,10-11H2,1-2H3/p+1. The molecule has 1 atom stereocenters. The van der Waals surface area contributed by atoms with Gasteiger partial charge in [-0.05, 0) is 43.3 Å². The van der Waals surface area contributed by atoms with Crippen molar-refractivity contribution in [1.29, 1.82) is 0 Å². The van der Waals surface area contributed by atoms with Gasteiger partial charge in [-0.2, -0.15) is 13.2 Å². The highest BCUT2D eigenvalue weighted by Crippen LogP contribution is 2.31. The molecule has 30 heavy (non-hydrogen) atoms. The molecule has 9 heteroatoms. The molecule has 0 aliphatic heterocycles. The number of carboxylic acids is 1. The number of hydrogen-bond acceptors (Lipinski definition) is 3. The molecule has 0 saturated heterocycles. The van der Waals surface area contributed by atoms with Crippen molar-refractivity contribution in [3.05, 3.63) is 66.2 Å². The summed E-state index contributed by atoms with van der Waals surface area (Å²) in [4.78, 5) is 19.6. The number of nitrogens with zero attached hydrogens (tertiary/aromatic N) is 4. The predicted octanol–water partition coefficient (Wildman–Crippen LogP) is 4.32. The molecule has 0 saturated carbocycles. The van der Waals surface area contributed by atoms with E-state index in [1.54, 1.807) is 12.5 Å². The third-order valence-corrected chi connectivity index (χ3v) is 5.27. The smallest absolute Gasteiger partial charge is 0.416 e. The minimum Gasteiger partial charge on any atom is -0.478 e. The van der Waals surface area contributed by atoms with Crippen molar-refractivity contribution in [3.8, 4) is 11.4 Å². The highest BCUT2D eigenvalue weighted by Gasteiger charge is 2.31. The van der Waals surface area contributed by atoms with Crippen LogP contribution in [-0.4, -0.2) is 45.7 Å². The van der Waals surface area contributed by atoms with Gasteiger partial charge in [-0.15, -0.1) is 0 Å². The van der Waals surface area contributed by atoms with Gasteiger partial charge in [0.25, 0.3) is 0 Å². The maximum Gasteiger partial charge on any atom is 0.416 e. The lowest BCUT2D eigenvalue weighted by Crippen LogP contribution is -2.47. The number of quaternary nitrogens is 1. The molecule has 0 radical (unpaired) electrons. The topological polar surface area (TPSA) is 68.0 Å². The average molecular weight is 419 g/mol. The van der Waals surface area contributed by atoms with Crippen molar-refractivity contribution in [1.82, 2.24) is 19.0 Å². The first-order chi connectivity index (χ1) is 14.1. The lowest BCUT2D eigenvalue weighted by Gasteiger charge is -2.33. The molecule has 1 N–H and O–H groups in total. The fourth-order valence-electron chi connectivity index (χ4n) is 3.13. The lowest BCUT2D eigenvalue weighted by atomic mass is 10.1. The largest absolute Gasteiger partial charge is 0.478 e. The number of imidazole rings is 1. The quantitative estimate of drug-likeness (QED) is 0.579. The molecule has 0 bridgehead atoms. The van der Waals surface area contributed by atoms with Crippen LogP contribution in [0.4, 0.5) is 18.9 Å². The molecule has 0 amide bonds. The number of alkyl halides is 3. The normalized spacial score (nSPS) is 13.8. The number of hydrogen-bond donors (Lipinski definition) is 1. The van der Waals surface area contributed by atoms with Crippen LogP contribution in [-0.2, 0) is 12.7 Å². The van der Waals surface area contributed by atoms with Gasteiger partial charge in [0, 0.05) is 12.4 Å². The highest BCUT2D eigenvalue weighted by atomic mass is 19.4. The molecule has 6 nitrogen and oxygen atoms in total. The Kier molecular flexibility index (Phi) is 5.93. The van der Waals surface area contributed by atoms with E-state index in [0.717, 1.165) is 17.8 Å². The van der Waals surface area contributed by atoms with E-state index in [0.29, 0.717) is 35.5 Å². The second-order valence-electron chi connectivity index (χ2n) is 7.21. The maximum atomic E-state index is 12.8. The van der Waals surface area contributed by atoms with Gasteiger partial charge in [0.15, 0.2) is 0 Å². The van der Waals surface area contributed by atoms with Crippen LogP contribution in [0.2, 0.25) is 0 Å². The number of rotatable bonds is 7. The first-order valence-corrected chi connectivity index (χ1v) is 9.36. The summed E-state index contributed by atoms with van der Waals surface area (Å²) in [5, 5.41) is 9.11. The zero-order valence-electron chi connectivity index (χ0n) is 16.6. The van der Waals surface area contributed by atoms with Crippen molar-refractivity contribution in [2.24, 2.45) is 0 Å². The van der Waals surface area contributed by atoms with Gasteiger partial charge in [-0.1, -0.05) is 0 Å². The second kappa shape index (κ2) is 8.27. The first kappa shape index (κ1) is 21.5. The zero-order chi connectivity index (χ0) is 21.9. The molecule has 3 aromatic rings. The molecule has 0 fully saturated rings. The lowest BCUT2D eigenvalue weighted by molar-refractivity contribution is -0.137. The number of benzene rings is 1. The maximum absolute atomic E-state index is 12.8. The average Bonchev–Trinajstić information content (AvgIpc) is 3.21. The van der Waals surface area contributed by atoms with Gasteiger partial charge in [0.1, 0.15) is 17.9 Å².